The monoisotopic (exact) mass is 431 g/mol. The van der Waals surface area contributed by atoms with Crippen LogP contribution in [0.2, 0.25) is 0 Å². The first kappa shape index (κ1) is 22.3. The Kier molecular flexibility index (Phi) is 7.15. The van der Waals surface area contributed by atoms with Crippen LogP contribution in [-0.4, -0.2) is 47.7 Å². The van der Waals surface area contributed by atoms with Gasteiger partial charge in [-0.2, -0.15) is 0 Å². The average molecular weight is 432 g/mol. The second-order valence-corrected chi connectivity index (χ2v) is 8.96. The predicted octanol–water partition coefficient (Wildman–Crippen LogP) is 4.47. The molecule has 6 nitrogen and oxygen atoms in total. The van der Waals surface area contributed by atoms with Gasteiger partial charge in [-0.3, -0.25) is 4.79 Å². The van der Waals surface area contributed by atoms with Crippen LogP contribution < -0.4 is 5.32 Å². The Bertz CT molecular complexity index is 902. The lowest BCUT2D eigenvalue weighted by Crippen LogP contribution is -2.61. The number of nitrogens with one attached hydrogen (secondary N) is 1. The number of carbonyl (C=O) groups excluding carboxylic acids is 2. The molecule has 162 valence electrons. The summed E-state index contributed by atoms with van der Waals surface area (Å²) < 4.78 is 5.55. The van der Waals surface area contributed by atoms with Crippen molar-refractivity contribution in [2.45, 2.75) is 52.1 Å². The van der Waals surface area contributed by atoms with Crippen molar-refractivity contribution in [2.75, 3.05) is 25.5 Å². The van der Waals surface area contributed by atoms with Crippen molar-refractivity contribution < 1.29 is 23.9 Å². The van der Waals surface area contributed by atoms with Gasteiger partial charge in [-0.1, -0.05) is 19.1 Å². The molecule has 0 saturated carbocycles. The second kappa shape index (κ2) is 9.62. The number of ether oxygens (including phenoxy) is 1. The smallest absolute Gasteiger partial charge is 0.350 e. The molecule has 0 radical (unpaired) electrons. The van der Waals surface area contributed by atoms with E-state index in [0.29, 0.717) is 28.0 Å². The molecular weight excluding hydrogens is 400 g/mol. The highest BCUT2D eigenvalue weighted by atomic mass is 32.1. The number of aryl methyl sites for hydroxylation is 1. The third kappa shape index (κ3) is 4.68. The van der Waals surface area contributed by atoms with Crippen molar-refractivity contribution >= 4 is 28.9 Å². The Balaban J connectivity index is 1.90. The third-order valence-corrected chi connectivity index (χ3v) is 7.14. The highest BCUT2D eigenvalue weighted by molar-refractivity contribution is 7.12. The molecule has 1 aliphatic rings. The minimum absolute atomic E-state index is 0.0637. The summed E-state index contributed by atoms with van der Waals surface area (Å²) in [4.78, 5) is 26.0. The number of carbonyl (C=O) groups is 2. The number of aromatic hydroxyl groups is 1. The normalized spacial score (nSPS) is 16.6. The highest BCUT2D eigenvalue weighted by Crippen LogP contribution is 2.32. The van der Waals surface area contributed by atoms with Crippen LogP contribution in [0.4, 0.5) is 5.69 Å². The third-order valence-electron chi connectivity index (χ3n) is 6.06. The molecule has 2 N–H and O–H groups in total. The number of benzene rings is 1. The Labute approximate surface area is 182 Å². The first-order valence-corrected chi connectivity index (χ1v) is 11.4. The molecule has 1 fully saturated rings. The van der Waals surface area contributed by atoms with Gasteiger partial charge >= 0.3 is 5.97 Å². The maximum atomic E-state index is 13.5. The number of rotatable bonds is 7. The van der Waals surface area contributed by atoms with Crippen molar-refractivity contribution in [3.8, 4) is 5.75 Å². The summed E-state index contributed by atoms with van der Waals surface area (Å²) >= 11 is 1.29. The van der Waals surface area contributed by atoms with Gasteiger partial charge in [-0.25, -0.2) is 4.79 Å². The van der Waals surface area contributed by atoms with E-state index in [9.17, 15) is 14.7 Å². The van der Waals surface area contributed by atoms with E-state index in [4.69, 9.17) is 4.74 Å². The summed E-state index contributed by atoms with van der Waals surface area (Å²) in [5.74, 6) is -0.249. The van der Waals surface area contributed by atoms with Gasteiger partial charge in [0.15, 0.2) is 6.04 Å². The Hall–Kier alpha value is -2.38. The second-order valence-electron chi connectivity index (χ2n) is 8.08. The summed E-state index contributed by atoms with van der Waals surface area (Å²) in [6, 6.07) is 7.08. The maximum absolute atomic E-state index is 13.5. The number of thiophene rings is 1. The van der Waals surface area contributed by atoms with Crippen LogP contribution in [0.1, 0.15) is 53.4 Å². The molecule has 2 heterocycles. The number of hydrogen-bond acceptors (Lipinski definition) is 5. The lowest BCUT2D eigenvalue weighted by atomic mass is 9.98. The van der Waals surface area contributed by atoms with Crippen molar-refractivity contribution in [1.29, 1.82) is 0 Å². The van der Waals surface area contributed by atoms with Crippen LogP contribution in [0.5, 0.6) is 5.75 Å². The van der Waals surface area contributed by atoms with E-state index < -0.39 is 5.97 Å². The largest absolute Gasteiger partial charge is 0.508 e. The van der Waals surface area contributed by atoms with Gasteiger partial charge in [-0.15, -0.1) is 11.3 Å². The molecule has 1 atom stereocenters. The number of hydrogen-bond donors (Lipinski definition) is 2. The molecule has 7 heteroatoms. The molecular formula is C23H31N2O4S+. The molecule has 0 spiro atoms. The standard InChI is InChI=1S/C23H30N2O4S/c1-4-19(22(27)24-20-16(2)15-30-21(20)23(28)29-3)25(11-6-5-7-12-25)14-17-9-8-10-18(26)13-17/h8-10,13,15,19H,4-7,11-12,14H2,1-3H3,(H-,24,26,27,28)/p+1. The fourth-order valence-electron chi connectivity index (χ4n) is 4.61. The molecule has 0 aliphatic carbocycles. The van der Waals surface area contributed by atoms with Crippen LogP contribution in [0.15, 0.2) is 29.6 Å². The average Bonchev–Trinajstić information content (AvgIpc) is 3.09. The SMILES string of the molecule is CCC(C(=O)Nc1c(C)csc1C(=O)OC)[N+]1(Cc2cccc(O)c2)CCCCC1. The van der Waals surface area contributed by atoms with Gasteiger partial charge in [0.1, 0.15) is 17.2 Å². The number of phenols is 1. The van der Waals surface area contributed by atoms with Crippen LogP contribution in [-0.2, 0) is 16.1 Å². The summed E-state index contributed by atoms with van der Waals surface area (Å²) in [5, 5.41) is 14.8. The van der Waals surface area contributed by atoms with Gasteiger partial charge in [0.05, 0.1) is 25.9 Å². The predicted molar refractivity (Wildman–Crippen MR) is 119 cm³/mol. The van der Waals surface area contributed by atoms with Gasteiger partial charge < -0.3 is 19.6 Å². The van der Waals surface area contributed by atoms with Crippen LogP contribution in [0.25, 0.3) is 0 Å². The number of quaternary nitrogens is 1. The summed E-state index contributed by atoms with van der Waals surface area (Å²) in [6.45, 7) is 6.48. The maximum Gasteiger partial charge on any atom is 0.350 e. The van der Waals surface area contributed by atoms with Gasteiger partial charge in [-0.05, 0) is 49.3 Å². The molecule has 1 saturated heterocycles. The zero-order valence-corrected chi connectivity index (χ0v) is 18.8. The van der Waals surface area contributed by atoms with E-state index in [1.165, 1.54) is 24.9 Å². The molecule has 1 aromatic carbocycles. The number of anilines is 1. The zero-order valence-electron chi connectivity index (χ0n) is 17.9. The first-order valence-electron chi connectivity index (χ1n) is 10.5. The van der Waals surface area contributed by atoms with E-state index in [2.05, 4.69) is 5.32 Å². The summed E-state index contributed by atoms with van der Waals surface area (Å²) in [5.41, 5.74) is 2.45. The molecule has 2 aromatic rings. The molecule has 1 unspecified atom stereocenters. The summed E-state index contributed by atoms with van der Waals surface area (Å²) in [7, 11) is 1.35. The molecule has 3 rings (SSSR count). The van der Waals surface area contributed by atoms with E-state index in [1.54, 1.807) is 12.1 Å². The number of esters is 1. The molecule has 1 aromatic heterocycles. The first-order chi connectivity index (χ1) is 14.4. The Morgan fingerprint density at radius 3 is 2.63 bits per heavy atom. The molecule has 30 heavy (non-hydrogen) atoms. The van der Waals surface area contributed by atoms with E-state index in [1.807, 2.05) is 31.4 Å². The van der Waals surface area contributed by atoms with E-state index in [-0.39, 0.29) is 17.7 Å². The number of piperidine rings is 1. The molecule has 0 bridgehead atoms. The lowest BCUT2D eigenvalue weighted by molar-refractivity contribution is -0.959. The van der Waals surface area contributed by atoms with Crippen LogP contribution >= 0.6 is 11.3 Å². The summed E-state index contributed by atoms with van der Waals surface area (Å²) in [6.07, 6.45) is 4.02. The number of methoxy groups -OCH3 is 1. The minimum Gasteiger partial charge on any atom is -0.508 e. The van der Waals surface area contributed by atoms with Crippen molar-refractivity contribution in [2.24, 2.45) is 0 Å². The van der Waals surface area contributed by atoms with E-state index in [0.717, 1.165) is 37.1 Å². The van der Waals surface area contributed by atoms with Gasteiger partial charge in [0, 0.05) is 12.0 Å². The number of likely N-dealkylation sites (tertiary alicyclic amines) is 1. The topological polar surface area (TPSA) is 75.6 Å². The number of phenolic OH excluding ortho intramolecular Hbond substituents is 1. The van der Waals surface area contributed by atoms with Crippen LogP contribution in [0.3, 0.4) is 0 Å². The minimum atomic E-state index is -0.432. The number of amides is 1. The number of nitrogens with zero attached hydrogens (tertiary/aromatic N) is 1. The van der Waals surface area contributed by atoms with E-state index >= 15 is 0 Å². The lowest BCUT2D eigenvalue weighted by Gasteiger charge is -2.46. The van der Waals surface area contributed by atoms with Gasteiger partial charge in [0.2, 0.25) is 0 Å². The molecule has 1 amide bonds. The highest BCUT2D eigenvalue weighted by Gasteiger charge is 2.42. The Morgan fingerprint density at radius 1 is 1.27 bits per heavy atom. The zero-order chi connectivity index (χ0) is 21.7. The van der Waals surface area contributed by atoms with Crippen LogP contribution in [0, 0.1) is 6.92 Å². The van der Waals surface area contributed by atoms with Gasteiger partial charge in [0.25, 0.3) is 5.91 Å². The molecule has 1 aliphatic heterocycles. The van der Waals surface area contributed by atoms with Crippen molar-refractivity contribution in [1.82, 2.24) is 0 Å². The fourth-order valence-corrected chi connectivity index (χ4v) is 5.53. The van der Waals surface area contributed by atoms with Crippen molar-refractivity contribution in [3.63, 3.8) is 0 Å². The Morgan fingerprint density at radius 2 is 2.00 bits per heavy atom. The quantitative estimate of drug-likeness (QED) is 0.501. The fraction of sp³-hybridized carbons (Fsp3) is 0.478. The van der Waals surface area contributed by atoms with Crippen molar-refractivity contribution in [3.05, 3.63) is 45.6 Å².